The molecule has 1 aliphatic heterocycles. The zero-order valence-electron chi connectivity index (χ0n) is 11.4. The molecule has 0 bridgehead atoms. The van der Waals surface area contributed by atoms with Crippen LogP contribution < -0.4 is 5.32 Å². The number of hydrogen-bond donors (Lipinski definition) is 1. The van der Waals surface area contributed by atoms with E-state index < -0.39 is 12.6 Å². The molecule has 0 aromatic rings. The van der Waals surface area contributed by atoms with E-state index in [1.54, 1.807) is 0 Å². The van der Waals surface area contributed by atoms with Crippen molar-refractivity contribution in [3.8, 4) is 0 Å². The van der Waals surface area contributed by atoms with Crippen molar-refractivity contribution in [2.45, 2.75) is 45.2 Å². The van der Waals surface area contributed by atoms with Gasteiger partial charge < -0.3 is 10.2 Å². The predicted octanol–water partition coefficient (Wildman–Crippen LogP) is 3.04. The van der Waals surface area contributed by atoms with E-state index in [1.165, 1.54) is 0 Å². The van der Waals surface area contributed by atoms with E-state index in [1.807, 2.05) is 11.9 Å². The molecule has 0 radical (unpaired) electrons. The molecule has 1 N–H and O–H groups in total. The summed E-state index contributed by atoms with van der Waals surface area (Å²) in [7, 11) is 1.81. The van der Waals surface area contributed by atoms with E-state index in [0.717, 1.165) is 45.3 Å². The van der Waals surface area contributed by atoms with Gasteiger partial charge in [0.05, 0.1) is 6.42 Å². The van der Waals surface area contributed by atoms with Crippen LogP contribution in [0.1, 0.15) is 39.0 Å². The van der Waals surface area contributed by atoms with Crippen LogP contribution >= 0.6 is 0 Å². The molecule has 0 spiro atoms. The summed E-state index contributed by atoms with van der Waals surface area (Å²) in [5.74, 6) is 0. The molecule has 0 atom stereocenters. The maximum Gasteiger partial charge on any atom is 0.390 e. The third kappa shape index (κ3) is 5.57. The van der Waals surface area contributed by atoms with Crippen LogP contribution in [0.2, 0.25) is 0 Å². The summed E-state index contributed by atoms with van der Waals surface area (Å²) < 4.78 is 36.6. The van der Waals surface area contributed by atoms with Gasteiger partial charge in [0.25, 0.3) is 0 Å². The zero-order chi connectivity index (χ0) is 13.6. The first-order valence-corrected chi connectivity index (χ1v) is 6.83. The molecule has 1 aliphatic rings. The van der Waals surface area contributed by atoms with Crippen molar-refractivity contribution in [1.82, 2.24) is 10.2 Å². The number of hydrogen-bond acceptors (Lipinski definition) is 2. The molecule has 5 heteroatoms. The highest BCUT2D eigenvalue weighted by Gasteiger charge is 2.33. The zero-order valence-corrected chi connectivity index (χ0v) is 11.4. The van der Waals surface area contributed by atoms with Crippen LogP contribution in [0.15, 0.2) is 0 Å². The van der Waals surface area contributed by atoms with E-state index in [4.69, 9.17) is 0 Å². The highest BCUT2D eigenvalue weighted by molar-refractivity contribution is 4.86. The number of rotatable bonds is 6. The van der Waals surface area contributed by atoms with Crippen LogP contribution in [0.25, 0.3) is 0 Å². The monoisotopic (exact) mass is 266 g/mol. The van der Waals surface area contributed by atoms with E-state index in [-0.39, 0.29) is 12.0 Å². The fourth-order valence-electron chi connectivity index (χ4n) is 2.94. The Balaban J connectivity index is 2.44. The SMILES string of the molecule is CCCC1(CN(C)CCC(F)(F)F)CCNCC1. The standard InChI is InChI=1S/C13H25F3N2/c1-3-4-12(5-8-17-9-6-12)11-18(2)10-7-13(14,15)16/h17H,3-11H2,1-2H3. The molecule has 0 amide bonds. The van der Waals surface area contributed by atoms with Gasteiger partial charge in [0, 0.05) is 13.1 Å². The molecule has 1 fully saturated rings. The Morgan fingerprint density at radius 1 is 1.22 bits per heavy atom. The Kier molecular flexibility index (Phi) is 5.92. The largest absolute Gasteiger partial charge is 0.390 e. The summed E-state index contributed by atoms with van der Waals surface area (Å²) in [6.45, 7) is 5.04. The fraction of sp³-hybridized carbons (Fsp3) is 1.00. The van der Waals surface area contributed by atoms with Gasteiger partial charge in [0.2, 0.25) is 0 Å². The van der Waals surface area contributed by atoms with Crippen LogP contribution in [0.4, 0.5) is 13.2 Å². The number of alkyl halides is 3. The lowest BCUT2D eigenvalue weighted by Crippen LogP contribution is -2.44. The molecule has 1 heterocycles. The maximum absolute atomic E-state index is 12.2. The van der Waals surface area contributed by atoms with Gasteiger partial charge in [-0.2, -0.15) is 13.2 Å². The molecule has 1 rings (SSSR count). The predicted molar refractivity (Wildman–Crippen MR) is 67.6 cm³/mol. The molecule has 108 valence electrons. The Labute approximate surface area is 108 Å². The van der Waals surface area contributed by atoms with Crippen molar-refractivity contribution in [3.63, 3.8) is 0 Å². The van der Waals surface area contributed by atoms with Crippen molar-refractivity contribution in [2.75, 3.05) is 33.2 Å². The summed E-state index contributed by atoms with van der Waals surface area (Å²) in [6, 6.07) is 0. The average molecular weight is 266 g/mol. The number of halogens is 3. The van der Waals surface area contributed by atoms with Gasteiger partial charge in [-0.05, 0) is 44.8 Å². The highest BCUT2D eigenvalue weighted by Crippen LogP contribution is 2.35. The summed E-state index contributed by atoms with van der Waals surface area (Å²) in [4.78, 5) is 1.86. The van der Waals surface area contributed by atoms with E-state index in [9.17, 15) is 13.2 Å². The van der Waals surface area contributed by atoms with Gasteiger partial charge >= 0.3 is 6.18 Å². The molecular weight excluding hydrogens is 241 g/mol. The second-order valence-electron chi connectivity index (χ2n) is 5.60. The Hall–Kier alpha value is -0.290. The Morgan fingerprint density at radius 2 is 1.83 bits per heavy atom. The van der Waals surface area contributed by atoms with E-state index >= 15 is 0 Å². The Morgan fingerprint density at radius 3 is 2.33 bits per heavy atom. The third-order valence-corrected chi connectivity index (χ3v) is 3.83. The van der Waals surface area contributed by atoms with Crippen molar-refractivity contribution in [2.24, 2.45) is 5.41 Å². The minimum Gasteiger partial charge on any atom is -0.317 e. The Bertz CT molecular complexity index is 229. The molecule has 0 aromatic carbocycles. The molecule has 0 aromatic heterocycles. The van der Waals surface area contributed by atoms with Gasteiger partial charge in [0.15, 0.2) is 0 Å². The van der Waals surface area contributed by atoms with Crippen molar-refractivity contribution in [1.29, 1.82) is 0 Å². The first-order valence-electron chi connectivity index (χ1n) is 6.83. The first-order chi connectivity index (χ1) is 8.37. The van der Waals surface area contributed by atoms with Crippen LogP contribution in [0.5, 0.6) is 0 Å². The van der Waals surface area contributed by atoms with Gasteiger partial charge in [-0.25, -0.2) is 0 Å². The smallest absolute Gasteiger partial charge is 0.317 e. The molecular formula is C13H25F3N2. The molecule has 0 aliphatic carbocycles. The van der Waals surface area contributed by atoms with Crippen molar-refractivity contribution in [3.05, 3.63) is 0 Å². The van der Waals surface area contributed by atoms with Crippen LogP contribution in [0, 0.1) is 5.41 Å². The van der Waals surface area contributed by atoms with Crippen molar-refractivity contribution < 1.29 is 13.2 Å². The summed E-state index contributed by atoms with van der Waals surface area (Å²) in [5, 5.41) is 3.33. The summed E-state index contributed by atoms with van der Waals surface area (Å²) in [6.07, 6.45) is -0.364. The minimum atomic E-state index is -4.04. The summed E-state index contributed by atoms with van der Waals surface area (Å²) in [5.41, 5.74) is 0.223. The van der Waals surface area contributed by atoms with Gasteiger partial charge in [-0.15, -0.1) is 0 Å². The van der Waals surface area contributed by atoms with E-state index in [0.29, 0.717) is 0 Å². The normalized spacial score (nSPS) is 20.3. The lowest BCUT2D eigenvalue weighted by molar-refractivity contribution is -0.138. The molecule has 2 nitrogen and oxygen atoms in total. The van der Waals surface area contributed by atoms with Gasteiger partial charge in [0.1, 0.15) is 0 Å². The molecule has 0 unspecified atom stereocenters. The fourth-order valence-corrected chi connectivity index (χ4v) is 2.94. The summed E-state index contributed by atoms with van der Waals surface area (Å²) >= 11 is 0. The minimum absolute atomic E-state index is 0.113. The number of nitrogens with one attached hydrogen (secondary N) is 1. The van der Waals surface area contributed by atoms with Crippen molar-refractivity contribution >= 4 is 0 Å². The van der Waals surface area contributed by atoms with E-state index in [2.05, 4.69) is 12.2 Å². The lowest BCUT2D eigenvalue weighted by atomic mass is 9.75. The van der Waals surface area contributed by atoms with Crippen LogP contribution in [0.3, 0.4) is 0 Å². The second kappa shape index (κ2) is 6.75. The first kappa shape index (κ1) is 15.8. The van der Waals surface area contributed by atoms with Crippen LogP contribution in [-0.2, 0) is 0 Å². The lowest BCUT2D eigenvalue weighted by Gasteiger charge is -2.40. The quantitative estimate of drug-likeness (QED) is 0.795. The number of piperidine rings is 1. The molecule has 0 saturated carbocycles. The topological polar surface area (TPSA) is 15.3 Å². The van der Waals surface area contributed by atoms with Gasteiger partial charge in [-0.1, -0.05) is 13.3 Å². The average Bonchev–Trinajstić information content (AvgIpc) is 2.27. The highest BCUT2D eigenvalue weighted by atomic mass is 19.4. The molecule has 1 saturated heterocycles. The maximum atomic E-state index is 12.2. The van der Waals surface area contributed by atoms with Gasteiger partial charge in [-0.3, -0.25) is 0 Å². The van der Waals surface area contributed by atoms with Crippen LogP contribution in [-0.4, -0.2) is 44.3 Å². The third-order valence-electron chi connectivity index (χ3n) is 3.83. The molecule has 18 heavy (non-hydrogen) atoms. The second-order valence-corrected chi connectivity index (χ2v) is 5.60. The number of nitrogens with zero attached hydrogens (tertiary/aromatic N) is 1.